The summed E-state index contributed by atoms with van der Waals surface area (Å²) >= 11 is 0. The summed E-state index contributed by atoms with van der Waals surface area (Å²) < 4.78 is 5.21. The number of hydrogen-bond donors (Lipinski definition) is 3. The smallest absolute Gasteiger partial charge is 0.313 e. The van der Waals surface area contributed by atoms with E-state index < -0.39 is 11.8 Å². The Balaban J connectivity index is 1.59. The molecule has 0 saturated heterocycles. The highest BCUT2D eigenvalue weighted by atomic mass is 16.5. The lowest BCUT2D eigenvalue weighted by Gasteiger charge is -2.11. The molecule has 0 spiro atoms. The summed E-state index contributed by atoms with van der Waals surface area (Å²) in [6, 6.07) is 11.5. The Hall–Kier alpha value is -3.28. The average Bonchev–Trinajstić information content (AvgIpc) is 3.06. The van der Waals surface area contributed by atoms with Crippen LogP contribution in [0.4, 0.5) is 5.69 Å². The number of carbonyl (C=O) groups excluding carboxylic acids is 2. The normalized spacial score (nSPS) is 10.6. The number of carbonyl (C=O) groups is 2. The third-order valence-electron chi connectivity index (χ3n) is 4.49. The van der Waals surface area contributed by atoms with Crippen molar-refractivity contribution >= 4 is 28.4 Å². The summed E-state index contributed by atoms with van der Waals surface area (Å²) in [6.07, 6.45) is 2.58. The number of ether oxygens (including phenoxy) is 1. The molecule has 3 rings (SSSR count). The third-order valence-corrected chi connectivity index (χ3v) is 4.49. The molecule has 0 unspecified atom stereocenters. The number of amides is 2. The van der Waals surface area contributed by atoms with Gasteiger partial charge in [-0.2, -0.15) is 0 Å². The minimum absolute atomic E-state index is 0.374. The van der Waals surface area contributed by atoms with Crippen molar-refractivity contribution in [2.75, 3.05) is 19.0 Å². The first-order valence-electron chi connectivity index (χ1n) is 8.79. The van der Waals surface area contributed by atoms with Gasteiger partial charge in [0, 0.05) is 23.6 Å². The van der Waals surface area contributed by atoms with Crippen LogP contribution in [0.5, 0.6) is 5.75 Å². The molecule has 3 aromatic rings. The number of benzene rings is 2. The molecule has 0 aliphatic rings. The van der Waals surface area contributed by atoms with Crippen molar-refractivity contribution in [2.24, 2.45) is 0 Å². The Morgan fingerprint density at radius 1 is 1.11 bits per heavy atom. The van der Waals surface area contributed by atoms with Crippen molar-refractivity contribution in [1.82, 2.24) is 10.3 Å². The maximum absolute atomic E-state index is 12.2. The second-order valence-electron chi connectivity index (χ2n) is 6.48. The number of methoxy groups -OCH3 is 1. The van der Waals surface area contributed by atoms with Crippen LogP contribution in [-0.4, -0.2) is 30.5 Å². The molecule has 0 aliphatic heterocycles. The van der Waals surface area contributed by atoms with E-state index >= 15 is 0 Å². The summed E-state index contributed by atoms with van der Waals surface area (Å²) in [5, 5.41) is 6.44. The molecule has 0 atom stereocenters. The van der Waals surface area contributed by atoms with Gasteiger partial charge >= 0.3 is 11.8 Å². The Kier molecular flexibility index (Phi) is 5.45. The minimum atomic E-state index is -0.714. The number of hydrogen-bond acceptors (Lipinski definition) is 3. The van der Waals surface area contributed by atoms with Crippen molar-refractivity contribution in [3.05, 3.63) is 59.3 Å². The molecule has 0 radical (unpaired) electrons. The molecule has 6 nitrogen and oxygen atoms in total. The highest BCUT2D eigenvalue weighted by molar-refractivity contribution is 6.39. The molecule has 140 valence electrons. The van der Waals surface area contributed by atoms with Crippen LogP contribution in [-0.2, 0) is 16.0 Å². The van der Waals surface area contributed by atoms with E-state index in [0.29, 0.717) is 24.4 Å². The zero-order valence-corrected chi connectivity index (χ0v) is 15.7. The van der Waals surface area contributed by atoms with Crippen LogP contribution in [0.1, 0.15) is 16.7 Å². The SMILES string of the molecule is COc1ccc(C)cc1NC(=O)C(=O)NCCc1c[nH]c2cccc(C)c12. The lowest BCUT2D eigenvalue weighted by molar-refractivity contribution is -0.136. The number of H-pyrrole nitrogens is 1. The molecular formula is C21H23N3O3. The number of aromatic amines is 1. The summed E-state index contributed by atoms with van der Waals surface area (Å²) in [4.78, 5) is 27.5. The Labute approximate surface area is 157 Å². The molecule has 1 aromatic heterocycles. The highest BCUT2D eigenvalue weighted by Crippen LogP contribution is 2.25. The third kappa shape index (κ3) is 4.11. The van der Waals surface area contributed by atoms with E-state index in [1.54, 1.807) is 12.1 Å². The van der Waals surface area contributed by atoms with Crippen LogP contribution in [0, 0.1) is 13.8 Å². The quantitative estimate of drug-likeness (QED) is 0.608. The van der Waals surface area contributed by atoms with Gasteiger partial charge in [-0.3, -0.25) is 9.59 Å². The topological polar surface area (TPSA) is 83.2 Å². The average molecular weight is 365 g/mol. The Morgan fingerprint density at radius 2 is 1.93 bits per heavy atom. The first-order valence-corrected chi connectivity index (χ1v) is 8.79. The molecule has 2 aromatic carbocycles. The van der Waals surface area contributed by atoms with Crippen LogP contribution in [0.15, 0.2) is 42.6 Å². The highest BCUT2D eigenvalue weighted by Gasteiger charge is 2.16. The lowest BCUT2D eigenvalue weighted by Crippen LogP contribution is -2.36. The Bertz CT molecular complexity index is 992. The number of aryl methyl sites for hydroxylation is 2. The van der Waals surface area contributed by atoms with Crippen molar-refractivity contribution in [1.29, 1.82) is 0 Å². The summed E-state index contributed by atoms with van der Waals surface area (Å²) in [6.45, 7) is 4.33. The van der Waals surface area contributed by atoms with Crippen molar-refractivity contribution in [3.8, 4) is 5.75 Å². The molecule has 0 aliphatic carbocycles. The standard InChI is InChI=1S/C21H23N3O3/c1-13-7-8-18(27-3)17(11-13)24-21(26)20(25)22-10-9-15-12-23-16-6-4-5-14(2)19(15)16/h4-8,11-12,23H,9-10H2,1-3H3,(H,22,25)(H,24,26). The molecule has 6 heteroatoms. The largest absolute Gasteiger partial charge is 0.495 e. The second kappa shape index (κ2) is 7.95. The number of anilines is 1. The number of nitrogens with one attached hydrogen (secondary N) is 3. The van der Waals surface area contributed by atoms with Gasteiger partial charge in [-0.25, -0.2) is 0 Å². The predicted molar refractivity (Wildman–Crippen MR) is 106 cm³/mol. The van der Waals surface area contributed by atoms with Crippen LogP contribution in [0.2, 0.25) is 0 Å². The fourth-order valence-electron chi connectivity index (χ4n) is 3.14. The zero-order valence-electron chi connectivity index (χ0n) is 15.7. The van der Waals surface area contributed by atoms with E-state index in [1.807, 2.05) is 31.3 Å². The van der Waals surface area contributed by atoms with E-state index in [1.165, 1.54) is 18.1 Å². The maximum Gasteiger partial charge on any atom is 0.313 e. The molecular weight excluding hydrogens is 342 g/mol. The summed E-state index contributed by atoms with van der Waals surface area (Å²) in [5.41, 5.74) is 4.80. The monoisotopic (exact) mass is 365 g/mol. The molecule has 0 bridgehead atoms. The van der Waals surface area contributed by atoms with Crippen LogP contribution < -0.4 is 15.4 Å². The maximum atomic E-state index is 12.2. The van der Waals surface area contributed by atoms with Gasteiger partial charge in [-0.1, -0.05) is 18.2 Å². The number of fused-ring (bicyclic) bond motifs is 1. The van der Waals surface area contributed by atoms with Gasteiger partial charge in [0.15, 0.2) is 0 Å². The van der Waals surface area contributed by atoms with Gasteiger partial charge in [0.25, 0.3) is 0 Å². The van der Waals surface area contributed by atoms with E-state index in [9.17, 15) is 9.59 Å². The van der Waals surface area contributed by atoms with Gasteiger partial charge < -0.3 is 20.4 Å². The van der Waals surface area contributed by atoms with Gasteiger partial charge in [0.2, 0.25) is 0 Å². The van der Waals surface area contributed by atoms with Gasteiger partial charge in [0.1, 0.15) is 5.75 Å². The van der Waals surface area contributed by atoms with Crippen LogP contribution in [0.25, 0.3) is 10.9 Å². The summed E-state index contributed by atoms with van der Waals surface area (Å²) in [7, 11) is 1.52. The lowest BCUT2D eigenvalue weighted by atomic mass is 10.1. The molecule has 2 amide bonds. The number of rotatable bonds is 5. The molecule has 3 N–H and O–H groups in total. The Morgan fingerprint density at radius 3 is 2.70 bits per heavy atom. The summed E-state index contributed by atoms with van der Waals surface area (Å²) in [5.74, 6) is -0.875. The van der Waals surface area contributed by atoms with Gasteiger partial charge in [0.05, 0.1) is 12.8 Å². The molecule has 27 heavy (non-hydrogen) atoms. The second-order valence-corrected chi connectivity index (χ2v) is 6.48. The predicted octanol–water partition coefficient (Wildman–Crippen LogP) is 3.09. The van der Waals surface area contributed by atoms with Crippen molar-refractivity contribution in [3.63, 3.8) is 0 Å². The molecule has 1 heterocycles. The first-order chi connectivity index (χ1) is 13.0. The van der Waals surface area contributed by atoms with E-state index in [-0.39, 0.29) is 0 Å². The first kappa shape index (κ1) is 18.5. The zero-order chi connectivity index (χ0) is 19.4. The number of aromatic nitrogens is 1. The van der Waals surface area contributed by atoms with Crippen LogP contribution >= 0.6 is 0 Å². The minimum Gasteiger partial charge on any atom is -0.495 e. The fourth-order valence-corrected chi connectivity index (χ4v) is 3.14. The molecule has 0 fully saturated rings. The van der Waals surface area contributed by atoms with Crippen LogP contribution in [0.3, 0.4) is 0 Å². The van der Waals surface area contributed by atoms with Gasteiger partial charge in [-0.05, 0) is 55.2 Å². The van der Waals surface area contributed by atoms with E-state index in [0.717, 1.165) is 16.6 Å². The van der Waals surface area contributed by atoms with Crippen molar-refractivity contribution in [2.45, 2.75) is 20.3 Å². The van der Waals surface area contributed by atoms with Crippen molar-refractivity contribution < 1.29 is 14.3 Å². The fraction of sp³-hybridized carbons (Fsp3) is 0.238. The van der Waals surface area contributed by atoms with Gasteiger partial charge in [-0.15, -0.1) is 0 Å². The molecule has 0 saturated carbocycles. The van der Waals surface area contributed by atoms with E-state index in [2.05, 4.69) is 28.6 Å². The van der Waals surface area contributed by atoms with E-state index in [4.69, 9.17) is 4.74 Å².